The van der Waals surface area contributed by atoms with Crippen molar-refractivity contribution in [1.82, 2.24) is 0 Å². The number of halogens is 1. The fraction of sp³-hybridized carbons (Fsp3) is 0.150. The monoisotopic (exact) mass is 368 g/mol. The highest BCUT2D eigenvalue weighted by atomic mass is 79.9. The lowest BCUT2D eigenvalue weighted by atomic mass is 9.87. The highest BCUT2D eigenvalue weighted by Crippen LogP contribution is 2.28. The van der Waals surface area contributed by atoms with Crippen molar-refractivity contribution in [2.75, 3.05) is 0 Å². The Bertz CT molecular complexity index is 703. The molecule has 2 aromatic carbocycles. The molecule has 0 spiro atoms. The van der Waals surface area contributed by atoms with Gasteiger partial charge in [0, 0.05) is 15.6 Å². The molecule has 1 N–H and O–H groups in total. The number of carbonyl (C=O) groups excluding carboxylic acids is 1. The summed E-state index contributed by atoms with van der Waals surface area (Å²) in [5.41, 5.74) is 3.69. The van der Waals surface area contributed by atoms with Gasteiger partial charge >= 0.3 is 0 Å². The number of hydrogen-bond donors (Lipinski definition) is 1. The standard InChI is InChI=1S/C20H17BrO2/c21-18-8-4-14(5-9-18)12-16-2-1-3-17(20(16)23)13-15-6-10-19(22)11-7-15/h4-13,22H,1-3H2. The number of carbonyl (C=O) groups is 1. The zero-order valence-electron chi connectivity index (χ0n) is 12.6. The van der Waals surface area contributed by atoms with Gasteiger partial charge in [-0.2, -0.15) is 0 Å². The van der Waals surface area contributed by atoms with E-state index in [1.54, 1.807) is 12.1 Å². The molecule has 1 fully saturated rings. The summed E-state index contributed by atoms with van der Waals surface area (Å²) in [6.45, 7) is 0. The number of phenols is 1. The third-order valence-electron chi connectivity index (χ3n) is 3.92. The number of ketones is 1. The molecule has 3 rings (SSSR count). The minimum absolute atomic E-state index is 0.132. The van der Waals surface area contributed by atoms with Crippen molar-refractivity contribution < 1.29 is 9.90 Å². The van der Waals surface area contributed by atoms with Gasteiger partial charge in [-0.05, 0) is 66.8 Å². The predicted octanol–water partition coefficient (Wildman–Crippen LogP) is 5.37. The van der Waals surface area contributed by atoms with Crippen molar-refractivity contribution in [2.24, 2.45) is 0 Å². The van der Waals surface area contributed by atoms with Crippen molar-refractivity contribution in [3.63, 3.8) is 0 Å². The van der Waals surface area contributed by atoms with Crippen molar-refractivity contribution in [3.8, 4) is 5.75 Å². The van der Waals surface area contributed by atoms with Crippen LogP contribution in [0.3, 0.4) is 0 Å². The average Bonchev–Trinajstić information content (AvgIpc) is 2.55. The van der Waals surface area contributed by atoms with Gasteiger partial charge in [-0.3, -0.25) is 4.79 Å². The number of hydrogen-bond acceptors (Lipinski definition) is 2. The van der Waals surface area contributed by atoms with Crippen LogP contribution in [0.5, 0.6) is 5.75 Å². The van der Waals surface area contributed by atoms with E-state index in [1.165, 1.54) is 0 Å². The first-order valence-electron chi connectivity index (χ1n) is 7.62. The van der Waals surface area contributed by atoms with Gasteiger partial charge in [-0.15, -0.1) is 0 Å². The Balaban J connectivity index is 1.86. The van der Waals surface area contributed by atoms with Crippen LogP contribution >= 0.6 is 15.9 Å². The number of allylic oxidation sites excluding steroid dienone is 2. The first kappa shape index (κ1) is 15.8. The molecule has 23 heavy (non-hydrogen) atoms. The molecule has 0 heterocycles. The minimum atomic E-state index is 0.132. The van der Waals surface area contributed by atoms with Crippen LogP contribution in [0.1, 0.15) is 30.4 Å². The lowest BCUT2D eigenvalue weighted by molar-refractivity contribution is -0.112. The van der Waals surface area contributed by atoms with Crippen LogP contribution in [0.15, 0.2) is 64.1 Å². The van der Waals surface area contributed by atoms with Crippen LogP contribution in [0.25, 0.3) is 12.2 Å². The molecule has 0 atom stereocenters. The molecule has 1 aliphatic rings. The molecule has 0 unspecified atom stereocenters. The normalized spacial score (nSPS) is 18.6. The number of benzene rings is 2. The van der Waals surface area contributed by atoms with Crippen molar-refractivity contribution in [2.45, 2.75) is 19.3 Å². The third-order valence-corrected chi connectivity index (χ3v) is 4.45. The maximum Gasteiger partial charge on any atom is 0.185 e. The minimum Gasteiger partial charge on any atom is -0.508 e. The Morgan fingerprint density at radius 2 is 1.30 bits per heavy atom. The fourth-order valence-corrected chi connectivity index (χ4v) is 2.97. The zero-order chi connectivity index (χ0) is 16.2. The molecular formula is C20H17BrO2. The molecule has 2 aromatic rings. The smallest absolute Gasteiger partial charge is 0.185 e. The van der Waals surface area contributed by atoms with E-state index in [2.05, 4.69) is 15.9 Å². The topological polar surface area (TPSA) is 37.3 Å². The quantitative estimate of drug-likeness (QED) is 0.722. The van der Waals surface area contributed by atoms with E-state index in [0.717, 1.165) is 46.0 Å². The van der Waals surface area contributed by atoms with E-state index in [1.807, 2.05) is 48.6 Å². The summed E-state index contributed by atoms with van der Waals surface area (Å²) in [5.74, 6) is 0.366. The van der Waals surface area contributed by atoms with E-state index >= 15 is 0 Å². The van der Waals surface area contributed by atoms with Crippen molar-refractivity contribution >= 4 is 33.9 Å². The summed E-state index contributed by atoms with van der Waals surface area (Å²) in [6, 6.07) is 14.9. The Labute approximate surface area is 144 Å². The van der Waals surface area contributed by atoms with Crippen LogP contribution in [-0.2, 0) is 4.79 Å². The van der Waals surface area contributed by atoms with Crippen LogP contribution in [0.2, 0.25) is 0 Å². The molecule has 0 aromatic heterocycles. The van der Waals surface area contributed by atoms with Gasteiger partial charge in [0.15, 0.2) is 5.78 Å². The van der Waals surface area contributed by atoms with E-state index in [9.17, 15) is 9.90 Å². The van der Waals surface area contributed by atoms with Gasteiger partial charge < -0.3 is 5.11 Å². The third kappa shape index (κ3) is 3.99. The molecule has 1 aliphatic carbocycles. The number of phenolic OH excluding ortho intramolecular Hbond substituents is 1. The molecular weight excluding hydrogens is 352 g/mol. The Morgan fingerprint density at radius 3 is 1.83 bits per heavy atom. The van der Waals surface area contributed by atoms with E-state index in [4.69, 9.17) is 0 Å². The fourth-order valence-electron chi connectivity index (χ4n) is 2.71. The van der Waals surface area contributed by atoms with Gasteiger partial charge in [0.2, 0.25) is 0 Å². The molecule has 0 amide bonds. The van der Waals surface area contributed by atoms with Gasteiger partial charge in [0.05, 0.1) is 0 Å². The molecule has 2 nitrogen and oxygen atoms in total. The molecule has 0 radical (unpaired) electrons. The summed E-state index contributed by atoms with van der Waals surface area (Å²) in [6.07, 6.45) is 6.52. The lowest BCUT2D eigenvalue weighted by Crippen LogP contribution is -2.12. The molecule has 3 heteroatoms. The molecule has 1 saturated carbocycles. The second-order valence-electron chi connectivity index (χ2n) is 5.66. The van der Waals surface area contributed by atoms with E-state index in [-0.39, 0.29) is 11.5 Å². The largest absolute Gasteiger partial charge is 0.508 e. The van der Waals surface area contributed by atoms with Crippen molar-refractivity contribution in [1.29, 1.82) is 0 Å². The van der Waals surface area contributed by atoms with E-state index < -0.39 is 0 Å². The summed E-state index contributed by atoms with van der Waals surface area (Å²) in [4.78, 5) is 12.7. The summed E-state index contributed by atoms with van der Waals surface area (Å²) < 4.78 is 1.03. The summed E-state index contributed by atoms with van der Waals surface area (Å²) in [5, 5.41) is 9.34. The maximum atomic E-state index is 12.7. The van der Waals surface area contributed by atoms with E-state index in [0.29, 0.717) is 0 Å². The summed E-state index contributed by atoms with van der Waals surface area (Å²) in [7, 11) is 0. The first-order valence-corrected chi connectivity index (χ1v) is 8.41. The first-order chi connectivity index (χ1) is 11.1. The lowest BCUT2D eigenvalue weighted by Gasteiger charge is -2.16. The van der Waals surface area contributed by atoms with Crippen LogP contribution in [0.4, 0.5) is 0 Å². The Hall–Kier alpha value is -2.13. The number of aromatic hydroxyl groups is 1. The highest BCUT2D eigenvalue weighted by Gasteiger charge is 2.20. The molecule has 0 aliphatic heterocycles. The van der Waals surface area contributed by atoms with Crippen LogP contribution in [0, 0.1) is 0 Å². The number of Topliss-reactive ketones (excluding diaryl/α,β-unsaturated/α-hetero) is 1. The Morgan fingerprint density at radius 1 is 0.826 bits per heavy atom. The average molecular weight is 369 g/mol. The maximum absolute atomic E-state index is 12.7. The van der Waals surface area contributed by atoms with Gasteiger partial charge in [-0.25, -0.2) is 0 Å². The van der Waals surface area contributed by atoms with Gasteiger partial charge in [-0.1, -0.05) is 40.2 Å². The highest BCUT2D eigenvalue weighted by molar-refractivity contribution is 9.10. The second kappa shape index (κ2) is 6.97. The van der Waals surface area contributed by atoms with Gasteiger partial charge in [0.1, 0.15) is 5.75 Å². The molecule has 0 bridgehead atoms. The van der Waals surface area contributed by atoms with Crippen LogP contribution in [-0.4, -0.2) is 10.9 Å². The van der Waals surface area contributed by atoms with Gasteiger partial charge in [0.25, 0.3) is 0 Å². The summed E-state index contributed by atoms with van der Waals surface area (Å²) >= 11 is 3.42. The SMILES string of the molecule is O=C1C(=Cc2ccc(O)cc2)CCCC1=Cc1ccc(Br)cc1. The molecule has 0 saturated heterocycles. The second-order valence-corrected chi connectivity index (χ2v) is 6.58. The number of rotatable bonds is 2. The Kier molecular flexibility index (Phi) is 4.77. The van der Waals surface area contributed by atoms with Crippen molar-refractivity contribution in [3.05, 3.63) is 75.3 Å². The predicted molar refractivity (Wildman–Crippen MR) is 97.1 cm³/mol. The van der Waals surface area contributed by atoms with Crippen LogP contribution < -0.4 is 0 Å². The molecule has 116 valence electrons. The zero-order valence-corrected chi connectivity index (χ0v) is 14.2.